The molecule has 3 rings (SSSR count). The highest BCUT2D eigenvalue weighted by Gasteiger charge is 2.34. The molecule has 1 aromatic heterocycles. The number of ketones is 1. The first kappa shape index (κ1) is 18.3. The predicted octanol–water partition coefficient (Wildman–Crippen LogP) is 5.08. The number of alkyl halides is 2. The van der Waals surface area contributed by atoms with Crippen molar-refractivity contribution in [3.05, 3.63) is 35.0 Å². The van der Waals surface area contributed by atoms with Gasteiger partial charge in [0.15, 0.2) is 5.78 Å². The molecule has 0 radical (unpaired) electrons. The number of carbonyl (C=O) groups excluding carboxylic acids is 1. The molecule has 0 bridgehead atoms. The van der Waals surface area contributed by atoms with Crippen LogP contribution in [-0.2, 0) is 6.54 Å². The van der Waals surface area contributed by atoms with Gasteiger partial charge in [-0.3, -0.25) is 4.79 Å². The van der Waals surface area contributed by atoms with E-state index in [0.29, 0.717) is 48.2 Å². The molecule has 0 aliphatic heterocycles. The van der Waals surface area contributed by atoms with Gasteiger partial charge in [-0.2, -0.15) is 0 Å². The molecule has 6 heteroatoms. The molecule has 1 fully saturated rings. The molecular formula is C19H22ClF2NO2. The van der Waals surface area contributed by atoms with E-state index in [1.807, 2.05) is 16.7 Å². The van der Waals surface area contributed by atoms with Crippen LogP contribution in [0.2, 0.25) is 5.02 Å². The number of aliphatic hydroxyl groups is 1. The number of hydrogen-bond acceptors (Lipinski definition) is 2. The second kappa shape index (κ2) is 7.42. The summed E-state index contributed by atoms with van der Waals surface area (Å²) in [6.45, 7) is 0.363. The Bertz CT molecular complexity index is 762. The van der Waals surface area contributed by atoms with Crippen LogP contribution < -0.4 is 0 Å². The Morgan fingerprint density at radius 1 is 1.32 bits per heavy atom. The number of rotatable bonds is 6. The lowest BCUT2D eigenvalue weighted by Crippen LogP contribution is -2.24. The first-order valence-electron chi connectivity index (χ1n) is 8.70. The fraction of sp³-hybridized carbons (Fsp3) is 0.526. The average molecular weight is 370 g/mol. The van der Waals surface area contributed by atoms with Crippen LogP contribution in [0.15, 0.2) is 24.4 Å². The molecule has 3 nitrogen and oxygen atoms in total. The molecule has 1 N–H and O–H groups in total. The van der Waals surface area contributed by atoms with Gasteiger partial charge in [-0.15, -0.1) is 0 Å². The van der Waals surface area contributed by atoms with Gasteiger partial charge in [0.1, 0.15) is 0 Å². The predicted molar refractivity (Wildman–Crippen MR) is 94.5 cm³/mol. The number of aromatic nitrogens is 1. The van der Waals surface area contributed by atoms with Crippen molar-refractivity contribution in [2.24, 2.45) is 5.92 Å². The van der Waals surface area contributed by atoms with Crippen LogP contribution in [0.3, 0.4) is 0 Å². The Morgan fingerprint density at radius 2 is 2.04 bits per heavy atom. The Labute approximate surface area is 150 Å². The van der Waals surface area contributed by atoms with Crippen molar-refractivity contribution in [2.45, 2.75) is 51.0 Å². The van der Waals surface area contributed by atoms with Crippen LogP contribution in [-0.4, -0.2) is 28.0 Å². The van der Waals surface area contributed by atoms with Gasteiger partial charge >= 0.3 is 0 Å². The molecule has 0 unspecified atom stereocenters. The van der Waals surface area contributed by atoms with Gasteiger partial charge in [0.05, 0.1) is 17.1 Å². The third-order valence-corrected chi connectivity index (χ3v) is 5.43. The van der Waals surface area contributed by atoms with Gasteiger partial charge in [0, 0.05) is 43.0 Å². The van der Waals surface area contributed by atoms with Gasteiger partial charge in [-0.25, -0.2) is 8.78 Å². The number of fused-ring (bicyclic) bond motifs is 1. The van der Waals surface area contributed by atoms with E-state index in [9.17, 15) is 18.7 Å². The summed E-state index contributed by atoms with van der Waals surface area (Å²) in [5.41, 5.74) is 1.37. The largest absolute Gasteiger partial charge is 0.395 e. The molecule has 1 saturated carbocycles. The van der Waals surface area contributed by atoms with E-state index in [1.54, 1.807) is 12.3 Å². The SMILES string of the molecule is O=C(CCC1CCC(F)(F)CC1)c1cn(CCO)c2cccc(Cl)c12. The smallest absolute Gasteiger partial charge is 0.248 e. The number of benzene rings is 1. The fourth-order valence-corrected chi connectivity index (χ4v) is 3.94. The number of hydrogen-bond donors (Lipinski definition) is 1. The van der Waals surface area contributed by atoms with Crippen LogP contribution >= 0.6 is 11.6 Å². The summed E-state index contributed by atoms with van der Waals surface area (Å²) in [5, 5.41) is 10.4. The van der Waals surface area contributed by atoms with E-state index >= 15 is 0 Å². The second-order valence-electron chi connectivity index (χ2n) is 6.85. The first-order chi connectivity index (χ1) is 11.9. The number of carbonyl (C=O) groups is 1. The number of aliphatic hydroxyl groups excluding tert-OH is 1. The van der Waals surface area contributed by atoms with Crippen molar-refractivity contribution < 1.29 is 18.7 Å². The van der Waals surface area contributed by atoms with Crippen LogP contribution in [0.5, 0.6) is 0 Å². The van der Waals surface area contributed by atoms with E-state index in [4.69, 9.17) is 11.6 Å². The molecule has 1 heterocycles. The van der Waals surface area contributed by atoms with E-state index < -0.39 is 5.92 Å². The zero-order valence-electron chi connectivity index (χ0n) is 14.0. The highest BCUT2D eigenvalue weighted by atomic mass is 35.5. The molecule has 2 aromatic rings. The topological polar surface area (TPSA) is 42.2 Å². The molecule has 0 amide bonds. The van der Waals surface area contributed by atoms with Crippen LogP contribution in [0.1, 0.15) is 48.9 Å². The van der Waals surface area contributed by atoms with Gasteiger partial charge < -0.3 is 9.67 Å². The van der Waals surface area contributed by atoms with E-state index in [2.05, 4.69) is 0 Å². The molecule has 0 atom stereocenters. The lowest BCUT2D eigenvalue weighted by atomic mass is 9.83. The van der Waals surface area contributed by atoms with Gasteiger partial charge in [-0.05, 0) is 37.3 Å². The summed E-state index contributed by atoms with van der Waals surface area (Å²) in [6.07, 6.45) is 3.51. The highest BCUT2D eigenvalue weighted by molar-refractivity contribution is 6.37. The Balaban J connectivity index is 1.74. The monoisotopic (exact) mass is 369 g/mol. The van der Waals surface area contributed by atoms with Crippen molar-refractivity contribution >= 4 is 28.3 Å². The fourth-order valence-electron chi connectivity index (χ4n) is 3.67. The van der Waals surface area contributed by atoms with Gasteiger partial charge in [0.25, 0.3) is 0 Å². The third kappa shape index (κ3) is 4.04. The molecule has 25 heavy (non-hydrogen) atoms. The van der Waals surface area contributed by atoms with E-state index in [-0.39, 0.29) is 31.1 Å². The third-order valence-electron chi connectivity index (χ3n) is 5.11. The van der Waals surface area contributed by atoms with Gasteiger partial charge in [0.2, 0.25) is 5.92 Å². The zero-order valence-corrected chi connectivity index (χ0v) is 14.7. The van der Waals surface area contributed by atoms with Crippen molar-refractivity contribution in [2.75, 3.05) is 6.61 Å². The minimum Gasteiger partial charge on any atom is -0.395 e. The minimum absolute atomic E-state index is 0.0212. The minimum atomic E-state index is -2.54. The molecule has 0 spiro atoms. The maximum Gasteiger partial charge on any atom is 0.248 e. The summed E-state index contributed by atoms with van der Waals surface area (Å²) < 4.78 is 28.3. The Morgan fingerprint density at radius 3 is 2.72 bits per heavy atom. The Kier molecular flexibility index (Phi) is 5.44. The number of Topliss-reactive ketones (excluding diaryl/α,β-unsaturated/α-hetero) is 1. The van der Waals surface area contributed by atoms with Crippen LogP contribution in [0.4, 0.5) is 8.78 Å². The summed E-state index contributed by atoms with van der Waals surface area (Å²) in [4.78, 5) is 12.7. The quantitative estimate of drug-likeness (QED) is 0.722. The lowest BCUT2D eigenvalue weighted by molar-refractivity contribution is -0.0464. The van der Waals surface area contributed by atoms with Crippen LogP contribution in [0, 0.1) is 5.92 Å². The summed E-state index contributed by atoms with van der Waals surface area (Å²) in [7, 11) is 0. The average Bonchev–Trinajstić information content (AvgIpc) is 2.94. The number of halogens is 3. The standard InChI is InChI=1S/C19H22ClF2NO2/c20-15-2-1-3-16-18(15)14(12-23(16)10-11-24)17(25)5-4-13-6-8-19(21,22)9-7-13/h1-3,12-13,24H,4-11H2. The highest BCUT2D eigenvalue weighted by Crippen LogP contribution is 2.38. The maximum absolute atomic E-state index is 13.2. The Hall–Kier alpha value is -1.46. The summed E-state index contributed by atoms with van der Waals surface area (Å²) >= 11 is 6.29. The maximum atomic E-state index is 13.2. The second-order valence-corrected chi connectivity index (χ2v) is 7.26. The molecule has 1 aliphatic rings. The zero-order chi connectivity index (χ0) is 18.0. The lowest BCUT2D eigenvalue weighted by Gasteiger charge is -2.27. The molecular weight excluding hydrogens is 348 g/mol. The molecule has 1 aliphatic carbocycles. The summed E-state index contributed by atoms with van der Waals surface area (Å²) in [6, 6.07) is 5.43. The van der Waals surface area contributed by atoms with Crippen LogP contribution in [0.25, 0.3) is 10.9 Å². The molecule has 1 aromatic carbocycles. The van der Waals surface area contributed by atoms with E-state index in [0.717, 1.165) is 5.52 Å². The summed E-state index contributed by atoms with van der Waals surface area (Å²) in [5.74, 6) is -2.37. The first-order valence-corrected chi connectivity index (χ1v) is 9.08. The normalized spacial score (nSPS) is 17.9. The molecule has 136 valence electrons. The molecule has 0 saturated heterocycles. The van der Waals surface area contributed by atoms with Crippen molar-refractivity contribution in [3.8, 4) is 0 Å². The van der Waals surface area contributed by atoms with E-state index in [1.165, 1.54) is 0 Å². The van der Waals surface area contributed by atoms with Crippen molar-refractivity contribution in [1.82, 2.24) is 4.57 Å². The van der Waals surface area contributed by atoms with Gasteiger partial charge in [-0.1, -0.05) is 17.7 Å². The van der Waals surface area contributed by atoms with Crippen molar-refractivity contribution in [3.63, 3.8) is 0 Å². The van der Waals surface area contributed by atoms with Crippen molar-refractivity contribution in [1.29, 1.82) is 0 Å². The number of nitrogens with zero attached hydrogens (tertiary/aromatic N) is 1.